The third-order valence-electron chi connectivity index (χ3n) is 2.96. The fourth-order valence-electron chi connectivity index (χ4n) is 1.88. The van der Waals surface area contributed by atoms with E-state index in [9.17, 15) is 4.79 Å². The van der Waals surface area contributed by atoms with Gasteiger partial charge in [-0.3, -0.25) is 9.78 Å². The van der Waals surface area contributed by atoms with Crippen molar-refractivity contribution in [2.45, 2.75) is 32.8 Å². The summed E-state index contributed by atoms with van der Waals surface area (Å²) in [7, 11) is 0. The number of ether oxygens (including phenoxy) is 1. The molecule has 1 aromatic rings. The summed E-state index contributed by atoms with van der Waals surface area (Å²) in [6, 6.07) is 1.86. The molecule has 0 aliphatic heterocycles. The molecule has 1 fully saturated rings. The van der Waals surface area contributed by atoms with Gasteiger partial charge in [-0.1, -0.05) is 0 Å². The van der Waals surface area contributed by atoms with Gasteiger partial charge >= 0.3 is 0 Å². The van der Waals surface area contributed by atoms with Crippen LogP contribution in [0.2, 0.25) is 0 Å². The fourth-order valence-corrected chi connectivity index (χ4v) is 1.88. The second kappa shape index (κ2) is 4.74. The minimum absolute atomic E-state index is 0.0925. The summed E-state index contributed by atoms with van der Waals surface area (Å²) >= 11 is 0. The average Bonchev–Trinajstić information content (AvgIpc) is 3.09. The first-order valence-corrected chi connectivity index (χ1v) is 5.80. The van der Waals surface area contributed by atoms with E-state index in [-0.39, 0.29) is 11.9 Å². The van der Waals surface area contributed by atoms with E-state index in [1.807, 2.05) is 19.9 Å². The quantitative estimate of drug-likeness (QED) is 0.714. The maximum absolute atomic E-state index is 12.3. The molecule has 3 nitrogen and oxygen atoms in total. The van der Waals surface area contributed by atoms with Crippen LogP contribution in [0, 0.1) is 12.8 Å². The molecule has 0 N–H and O–H groups in total. The van der Waals surface area contributed by atoms with Gasteiger partial charge in [-0.25, -0.2) is 0 Å². The van der Waals surface area contributed by atoms with Gasteiger partial charge in [0, 0.05) is 24.6 Å². The van der Waals surface area contributed by atoms with Crippen LogP contribution >= 0.6 is 0 Å². The van der Waals surface area contributed by atoms with Crippen LogP contribution in [0.5, 0.6) is 0 Å². The van der Waals surface area contributed by atoms with Crippen LogP contribution in [0.25, 0.3) is 0 Å². The minimum atomic E-state index is -0.257. The molecule has 1 aliphatic carbocycles. The Balaban J connectivity index is 2.19. The standard InChI is InChI=1S/C13H17NO2/c1-3-16-13(10-4-5-10)12(15)11-8-14-7-6-9(11)2/h6-8,10,13H,3-5H2,1-2H3. The van der Waals surface area contributed by atoms with Crippen molar-refractivity contribution in [3.8, 4) is 0 Å². The molecule has 1 aromatic heterocycles. The van der Waals surface area contributed by atoms with Crippen molar-refractivity contribution in [2.75, 3.05) is 6.61 Å². The van der Waals surface area contributed by atoms with Crippen molar-refractivity contribution in [1.29, 1.82) is 0 Å². The molecular formula is C13H17NO2. The molecule has 1 atom stereocenters. The molecule has 0 spiro atoms. The Hall–Kier alpha value is -1.22. The van der Waals surface area contributed by atoms with Crippen LogP contribution < -0.4 is 0 Å². The second-order valence-corrected chi connectivity index (χ2v) is 4.27. The summed E-state index contributed by atoms with van der Waals surface area (Å²) in [6.45, 7) is 4.45. The summed E-state index contributed by atoms with van der Waals surface area (Å²) in [5, 5.41) is 0. The van der Waals surface area contributed by atoms with Crippen molar-refractivity contribution >= 4 is 5.78 Å². The molecule has 2 rings (SSSR count). The summed E-state index contributed by atoms with van der Waals surface area (Å²) in [5.41, 5.74) is 1.68. The first-order chi connectivity index (χ1) is 7.74. The van der Waals surface area contributed by atoms with E-state index in [0.717, 1.165) is 18.4 Å². The zero-order chi connectivity index (χ0) is 11.5. The van der Waals surface area contributed by atoms with Crippen molar-refractivity contribution in [3.63, 3.8) is 0 Å². The average molecular weight is 219 g/mol. The number of pyridine rings is 1. The van der Waals surface area contributed by atoms with Gasteiger partial charge < -0.3 is 4.74 Å². The zero-order valence-electron chi connectivity index (χ0n) is 9.77. The second-order valence-electron chi connectivity index (χ2n) is 4.27. The van der Waals surface area contributed by atoms with Crippen LogP contribution in [-0.4, -0.2) is 23.5 Å². The Morgan fingerprint density at radius 3 is 2.94 bits per heavy atom. The molecule has 16 heavy (non-hydrogen) atoms. The van der Waals surface area contributed by atoms with Crippen LogP contribution in [0.15, 0.2) is 18.5 Å². The van der Waals surface area contributed by atoms with E-state index < -0.39 is 0 Å². The van der Waals surface area contributed by atoms with E-state index in [1.165, 1.54) is 0 Å². The predicted molar refractivity (Wildman–Crippen MR) is 61.4 cm³/mol. The number of carbonyl (C=O) groups excluding carboxylic acids is 1. The smallest absolute Gasteiger partial charge is 0.193 e. The molecule has 1 heterocycles. The van der Waals surface area contributed by atoms with Crippen LogP contribution in [-0.2, 0) is 4.74 Å². The van der Waals surface area contributed by atoms with E-state index in [0.29, 0.717) is 18.1 Å². The highest BCUT2D eigenvalue weighted by atomic mass is 16.5. The summed E-state index contributed by atoms with van der Waals surface area (Å²) in [5.74, 6) is 0.516. The number of ketones is 1. The number of aryl methyl sites for hydroxylation is 1. The van der Waals surface area contributed by atoms with Gasteiger partial charge in [0.2, 0.25) is 0 Å². The SMILES string of the molecule is CCOC(C(=O)c1cnccc1C)C1CC1. The number of hydrogen-bond acceptors (Lipinski definition) is 3. The fraction of sp³-hybridized carbons (Fsp3) is 0.538. The lowest BCUT2D eigenvalue weighted by atomic mass is 10.0. The van der Waals surface area contributed by atoms with Crippen molar-refractivity contribution in [3.05, 3.63) is 29.6 Å². The van der Waals surface area contributed by atoms with Crippen molar-refractivity contribution in [1.82, 2.24) is 4.98 Å². The number of carbonyl (C=O) groups is 1. The molecular weight excluding hydrogens is 202 g/mol. The number of rotatable bonds is 5. The first kappa shape index (κ1) is 11.3. The molecule has 1 saturated carbocycles. The van der Waals surface area contributed by atoms with Crippen molar-refractivity contribution < 1.29 is 9.53 Å². The minimum Gasteiger partial charge on any atom is -0.370 e. The first-order valence-electron chi connectivity index (χ1n) is 5.80. The van der Waals surface area contributed by atoms with Gasteiger partial charge in [0.25, 0.3) is 0 Å². The lowest BCUT2D eigenvalue weighted by Gasteiger charge is -2.15. The normalized spacial score (nSPS) is 17.1. The Kier molecular flexibility index (Phi) is 3.34. The Morgan fingerprint density at radius 2 is 2.38 bits per heavy atom. The van der Waals surface area contributed by atoms with Gasteiger partial charge in [0.1, 0.15) is 6.10 Å². The lowest BCUT2D eigenvalue weighted by Crippen LogP contribution is -2.27. The molecule has 0 saturated heterocycles. The summed E-state index contributed by atoms with van der Waals surface area (Å²) in [6.07, 6.45) is 5.31. The number of aromatic nitrogens is 1. The third kappa shape index (κ3) is 2.30. The topological polar surface area (TPSA) is 39.2 Å². The van der Waals surface area contributed by atoms with Crippen molar-refractivity contribution in [2.24, 2.45) is 5.92 Å². The molecule has 1 unspecified atom stereocenters. The van der Waals surface area contributed by atoms with Gasteiger partial charge in [-0.15, -0.1) is 0 Å². The van der Waals surface area contributed by atoms with Gasteiger partial charge in [0.05, 0.1) is 0 Å². The van der Waals surface area contributed by atoms with Crippen LogP contribution in [0.4, 0.5) is 0 Å². The van der Waals surface area contributed by atoms with Crippen LogP contribution in [0.3, 0.4) is 0 Å². The monoisotopic (exact) mass is 219 g/mol. The number of hydrogen-bond donors (Lipinski definition) is 0. The lowest BCUT2D eigenvalue weighted by molar-refractivity contribution is 0.0374. The highest BCUT2D eigenvalue weighted by molar-refractivity contribution is 6.00. The predicted octanol–water partition coefficient (Wildman–Crippen LogP) is 2.39. The molecule has 0 bridgehead atoms. The molecule has 0 aromatic carbocycles. The van der Waals surface area contributed by atoms with Gasteiger partial charge in [0.15, 0.2) is 5.78 Å². The third-order valence-corrected chi connectivity index (χ3v) is 2.96. The molecule has 3 heteroatoms. The Morgan fingerprint density at radius 1 is 1.62 bits per heavy atom. The number of Topliss-reactive ketones (excluding diaryl/α,β-unsaturated/α-hetero) is 1. The molecule has 0 amide bonds. The van der Waals surface area contributed by atoms with Gasteiger partial charge in [-0.05, 0) is 44.2 Å². The molecule has 86 valence electrons. The Bertz CT molecular complexity index is 385. The van der Waals surface area contributed by atoms with Crippen LogP contribution in [0.1, 0.15) is 35.7 Å². The van der Waals surface area contributed by atoms with E-state index in [2.05, 4.69) is 4.98 Å². The van der Waals surface area contributed by atoms with E-state index in [1.54, 1.807) is 12.4 Å². The highest BCUT2D eigenvalue weighted by Gasteiger charge is 2.37. The van der Waals surface area contributed by atoms with E-state index >= 15 is 0 Å². The summed E-state index contributed by atoms with van der Waals surface area (Å²) < 4.78 is 5.56. The highest BCUT2D eigenvalue weighted by Crippen LogP contribution is 2.36. The largest absolute Gasteiger partial charge is 0.370 e. The summed E-state index contributed by atoms with van der Waals surface area (Å²) in [4.78, 5) is 16.3. The molecule has 1 aliphatic rings. The molecule has 0 radical (unpaired) electrons. The maximum Gasteiger partial charge on any atom is 0.193 e. The Labute approximate surface area is 95.8 Å². The zero-order valence-corrected chi connectivity index (χ0v) is 9.77. The maximum atomic E-state index is 12.3. The number of nitrogens with zero attached hydrogens (tertiary/aromatic N) is 1. The van der Waals surface area contributed by atoms with Gasteiger partial charge in [-0.2, -0.15) is 0 Å². The van der Waals surface area contributed by atoms with E-state index in [4.69, 9.17) is 4.74 Å².